The monoisotopic (exact) mass is 397 g/mol. The van der Waals surface area contributed by atoms with Crippen LogP contribution in [0, 0.1) is 0 Å². The Bertz CT molecular complexity index is 948. The van der Waals surface area contributed by atoms with Crippen LogP contribution in [0.1, 0.15) is 26.3 Å². The van der Waals surface area contributed by atoms with E-state index in [0.717, 1.165) is 4.90 Å². The molecule has 0 bridgehead atoms. The molecule has 0 saturated heterocycles. The normalized spacial score (nSPS) is 13.8. The molecule has 7 nitrogen and oxygen atoms in total. The minimum Gasteiger partial charge on any atom is -0.502 e. The molecule has 1 aliphatic rings. The van der Waals surface area contributed by atoms with E-state index in [4.69, 9.17) is 14.2 Å². The summed E-state index contributed by atoms with van der Waals surface area (Å²) in [6.45, 7) is 6.90. The highest BCUT2D eigenvalue weighted by Gasteiger charge is 2.40. The molecule has 1 aliphatic heterocycles. The maximum Gasteiger partial charge on any atom is 0.301 e. The molecule has 2 aromatic rings. The van der Waals surface area contributed by atoms with Crippen LogP contribution < -0.4 is 19.1 Å². The molecular formula is C22H23NO6. The highest BCUT2D eigenvalue weighted by molar-refractivity contribution is 6.44. The van der Waals surface area contributed by atoms with E-state index in [9.17, 15) is 14.7 Å². The van der Waals surface area contributed by atoms with Crippen molar-refractivity contribution in [3.63, 3.8) is 0 Å². The summed E-state index contributed by atoms with van der Waals surface area (Å²) in [6, 6.07) is 11.4. The summed E-state index contributed by atoms with van der Waals surface area (Å²) >= 11 is 0. The van der Waals surface area contributed by atoms with Gasteiger partial charge in [0.2, 0.25) is 0 Å². The number of benzene rings is 2. The van der Waals surface area contributed by atoms with E-state index in [-0.39, 0.29) is 5.57 Å². The van der Waals surface area contributed by atoms with E-state index in [0.29, 0.717) is 48.3 Å². The summed E-state index contributed by atoms with van der Waals surface area (Å²) in [4.78, 5) is 26.6. The molecule has 2 amide bonds. The Labute approximate surface area is 169 Å². The summed E-state index contributed by atoms with van der Waals surface area (Å²) in [7, 11) is 0. The molecule has 0 radical (unpaired) electrons. The topological polar surface area (TPSA) is 85.3 Å². The minimum absolute atomic E-state index is 0.0510. The van der Waals surface area contributed by atoms with Crippen LogP contribution in [0.3, 0.4) is 0 Å². The smallest absolute Gasteiger partial charge is 0.301 e. The van der Waals surface area contributed by atoms with Crippen molar-refractivity contribution in [3.05, 3.63) is 53.8 Å². The zero-order valence-corrected chi connectivity index (χ0v) is 16.6. The number of amides is 2. The van der Waals surface area contributed by atoms with Crippen LogP contribution in [-0.4, -0.2) is 36.7 Å². The second-order valence-corrected chi connectivity index (χ2v) is 6.12. The van der Waals surface area contributed by atoms with Crippen LogP contribution in [0.5, 0.6) is 17.2 Å². The SMILES string of the molecule is CCOc1ccc(C2=C(O)C(=O)N(c3ccc(OCC)c(OCC)c3)C2=O)cc1. The molecule has 7 heteroatoms. The van der Waals surface area contributed by atoms with E-state index in [1.807, 2.05) is 20.8 Å². The van der Waals surface area contributed by atoms with E-state index in [1.165, 1.54) is 0 Å². The Hall–Kier alpha value is -3.48. The summed E-state index contributed by atoms with van der Waals surface area (Å²) in [5.41, 5.74) is 0.673. The first-order valence-electron chi connectivity index (χ1n) is 9.46. The molecule has 0 fully saturated rings. The molecule has 152 valence electrons. The Morgan fingerprint density at radius 3 is 2.03 bits per heavy atom. The first kappa shape index (κ1) is 20.3. The van der Waals surface area contributed by atoms with Crippen molar-refractivity contribution < 1.29 is 28.9 Å². The molecule has 0 saturated carbocycles. The maximum absolute atomic E-state index is 13.0. The maximum atomic E-state index is 13.0. The van der Waals surface area contributed by atoms with Crippen LogP contribution in [0.15, 0.2) is 48.2 Å². The third-order valence-electron chi connectivity index (χ3n) is 4.30. The Morgan fingerprint density at radius 1 is 0.793 bits per heavy atom. The summed E-state index contributed by atoms with van der Waals surface area (Å²) in [6.07, 6.45) is 0. The lowest BCUT2D eigenvalue weighted by molar-refractivity contribution is -0.121. The molecule has 0 unspecified atom stereocenters. The number of hydrogen-bond donors (Lipinski definition) is 1. The van der Waals surface area contributed by atoms with E-state index < -0.39 is 17.6 Å². The Morgan fingerprint density at radius 2 is 1.41 bits per heavy atom. The third-order valence-corrected chi connectivity index (χ3v) is 4.30. The van der Waals surface area contributed by atoms with Crippen molar-refractivity contribution >= 4 is 23.1 Å². The number of rotatable bonds is 8. The molecule has 0 atom stereocenters. The van der Waals surface area contributed by atoms with Crippen molar-refractivity contribution in [2.75, 3.05) is 24.7 Å². The lowest BCUT2D eigenvalue weighted by Crippen LogP contribution is -2.31. The van der Waals surface area contributed by atoms with E-state index in [2.05, 4.69) is 0 Å². The number of carbonyl (C=O) groups excluding carboxylic acids is 2. The highest BCUT2D eigenvalue weighted by Crippen LogP contribution is 2.37. The van der Waals surface area contributed by atoms with Crippen LogP contribution in [0.2, 0.25) is 0 Å². The molecule has 1 N–H and O–H groups in total. The first-order chi connectivity index (χ1) is 14.0. The number of ether oxygens (including phenoxy) is 3. The minimum atomic E-state index is -0.787. The van der Waals surface area contributed by atoms with Gasteiger partial charge in [-0.05, 0) is 50.6 Å². The quantitative estimate of drug-likeness (QED) is 0.684. The lowest BCUT2D eigenvalue weighted by atomic mass is 10.1. The van der Waals surface area contributed by atoms with E-state index in [1.54, 1.807) is 42.5 Å². The van der Waals surface area contributed by atoms with Gasteiger partial charge in [-0.15, -0.1) is 0 Å². The number of nitrogens with zero attached hydrogens (tertiary/aromatic N) is 1. The van der Waals surface area contributed by atoms with Gasteiger partial charge in [0.05, 0.1) is 31.1 Å². The number of hydrogen-bond acceptors (Lipinski definition) is 6. The van der Waals surface area contributed by atoms with Gasteiger partial charge in [0.1, 0.15) is 5.75 Å². The lowest BCUT2D eigenvalue weighted by Gasteiger charge is -2.18. The van der Waals surface area contributed by atoms with Crippen molar-refractivity contribution in [3.8, 4) is 17.2 Å². The zero-order chi connectivity index (χ0) is 21.0. The number of aliphatic hydroxyl groups excluding tert-OH is 1. The van der Waals surface area contributed by atoms with Crippen LogP contribution in [0.4, 0.5) is 5.69 Å². The van der Waals surface area contributed by atoms with Gasteiger partial charge in [-0.2, -0.15) is 0 Å². The molecule has 1 heterocycles. The van der Waals surface area contributed by atoms with Gasteiger partial charge in [-0.3, -0.25) is 9.59 Å². The standard InChI is InChI=1S/C22H23NO6/c1-4-27-16-10-7-14(8-11-16)19-20(24)22(26)23(21(19)25)15-9-12-17(28-5-2)18(13-15)29-6-3/h7-13,24H,4-6H2,1-3H3. The molecule has 0 aromatic heterocycles. The zero-order valence-electron chi connectivity index (χ0n) is 16.6. The van der Waals surface area contributed by atoms with Gasteiger partial charge in [0.25, 0.3) is 5.91 Å². The number of imide groups is 1. The van der Waals surface area contributed by atoms with Gasteiger partial charge in [0.15, 0.2) is 17.3 Å². The summed E-state index contributed by atoms with van der Waals surface area (Å²) in [5.74, 6) is -0.417. The number of carbonyl (C=O) groups is 2. The summed E-state index contributed by atoms with van der Waals surface area (Å²) in [5, 5.41) is 10.4. The van der Waals surface area contributed by atoms with Gasteiger partial charge >= 0.3 is 5.91 Å². The average molecular weight is 397 g/mol. The molecule has 0 spiro atoms. The largest absolute Gasteiger partial charge is 0.502 e. The van der Waals surface area contributed by atoms with Crippen molar-refractivity contribution in [2.24, 2.45) is 0 Å². The number of anilines is 1. The van der Waals surface area contributed by atoms with Crippen molar-refractivity contribution in [1.29, 1.82) is 0 Å². The average Bonchev–Trinajstić information content (AvgIpc) is 2.93. The second kappa shape index (κ2) is 8.68. The molecule has 0 aliphatic carbocycles. The third kappa shape index (κ3) is 3.89. The first-order valence-corrected chi connectivity index (χ1v) is 9.46. The van der Waals surface area contributed by atoms with Crippen molar-refractivity contribution in [2.45, 2.75) is 20.8 Å². The van der Waals surface area contributed by atoms with Gasteiger partial charge < -0.3 is 19.3 Å². The predicted octanol–water partition coefficient (Wildman–Crippen LogP) is 3.73. The molecule has 3 rings (SSSR count). The number of aliphatic hydroxyl groups is 1. The molecule has 2 aromatic carbocycles. The molecule has 29 heavy (non-hydrogen) atoms. The van der Waals surface area contributed by atoms with Gasteiger partial charge in [0, 0.05) is 6.07 Å². The van der Waals surface area contributed by atoms with E-state index >= 15 is 0 Å². The van der Waals surface area contributed by atoms with Crippen molar-refractivity contribution in [1.82, 2.24) is 0 Å². The summed E-state index contributed by atoms with van der Waals surface area (Å²) < 4.78 is 16.5. The van der Waals surface area contributed by atoms with Crippen LogP contribution in [0.25, 0.3) is 5.57 Å². The Kier molecular flexibility index (Phi) is 6.07. The van der Waals surface area contributed by atoms with Gasteiger partial charge in [-0.1, -0.05) is 12.1 Å². The Balaban J connectivity index is 1.94. The fraction of sp³-hybridized carbons (Fsp3) is 0.273. The van der Waals surface area contributed by atoms with Crippen LogP contribution >= 0.6 is 0 Å². The molecular weight excluding hydrogens is 374 g/mol. The van der Waals surface area contributed by atoms with Crippen LogP contribution in [-0.2, 0) is 9.59 Å². The fourth-order valence-corrected chi connectivity index (χ4v) is 3.08. The second-order valence-electron chi connectivity index (χ2n) is 6.12. The van der Waals surface area contributed by atoms with Gasteiger partial charge in [-0.25, -0.2) is 4.90 Å². The predicted molar refractivity (Wildman–Crippen MR) is 108 cm³/mol. The highest BCUT2D eigenvalue weighted by atomic mass is 16.5. The fourth-order valence-electron chi connectivity index (χ4n) is 3.08.